The zero-order valence-corrected chi connectivity index (χ0v) is 12.4. The van der Waals surface area contributed by atoms with Gasteiger partial charge in [-0.25, -0.2) is 13.4 Å². The van der Waals surface area contributed by atoms with E-state index in [0.717, 1.165) is 0 Å². The monoisotopic (exact) mass is 327 g/mol. The van der Waals surface area contributed by atoms with Gasteiger partial charge in [-0.15, -0.1) is 0 Å². The fraction of sp³-hybridized carbons (Fsp3) is 0.0833. The molecule has 1 N–H and O–H groups in total. The lowest BCUT2D eigenvalue weighted by Gasteiger charge is -2.09. The van der Waals surface area contributed by atoms with E-state index in [1.54, 1.807) is 13.0 Å². The van der Waals surface area contributed by atoms with Gasteiger partial charge < -0.3 is 0 Å². The van der Waals surface area contributed by atoms with E-state index in [4.69, 9.17) is 11.6 Å². The average Bonchev–Trinajstić information content (AvgIpc) is 2.40. The Bertz CT molecular complexity index is 808. The highest BCUT2D eigenvalue weighted by Crippen LogP contribution is 2.29. The third-order valence-corrected chi connectivity index (χ3v) is 4.42. The average molecular weight is 328 g/mol. The summed E-state index contributed by atoms with van der Waals surface area (Å²) in [5.74, 6) is 0. The van der Waals surface area contributed by atoms with Crippen LogP contribution in [0.1, 0.15) is 5.56 Å². The molecule has 0 aliphatic heterocycles. The zero-order chi connectivity index (χ0) is 15.6. The van der Waals surface area contributed by atoms with Crippen molar-refractivity contribution in [1.82, 2.24) is 4.98 Å². The second-order valence-electron chi connectivity index (χ2n) is 4.18. The molecule has 0 saturated heterocycles. The van der Waals surface area contributed by atoms with Crippen LogP contribution in [-0.4, -0.2) is 18.3 Å². The first-order valence-electron chi connectivity index (χ1n) is 5.69. The maximum Gasteiger partial charge on any atom is 0.293 e. The normalized spacial score (nSPS) is 11.1. The van der Waals surface area contributed by atoms with Crippen molar-refractivity contribution >= 4 is 33.0 Å². The molecule has 110 valence electrons. The first-order chi connectivity index (χ1) is 9.81. The Morgan fingerprint density at radius 2 is 2.05 bits per heavy atom. The molecule has 9 heteroatoms. The Morgan fingerprint density at radius 3 is 2.67 bits per heavy atom. The number of hydrogen-bond donors (Lipinski definition) is 1. The molecular formula is C12H10ClN3O4S. The van der Waals surface area contributed by atoms with Gasteiger partial charge >= 0.3 is 0 Å². The molecule has 0 spiro atoms. The van der Waals surface area contributed by atoms with Gasteiger partial charge in [-0.05, 0) is 30.7 Å². The largest absolute Gasteiger partial charge is 0.293 e. The number of aromatic nitrogens is 1. The van der Waals surface area contributed by atoms with E-state index in [0.29, 0.717) is 5.56 Å². The minimum atomic E-state index is -4.06. The maximum absolute atomic E-state index is 12.2. The molecular weight excluding hydrogens is 318 g/mol. The molecule has 0 aliphatic rings. The number of nitrogens with one attached hydrogen (secondary N) is 1. The van der Waals surface area contributed by atoms with Crippen molar-refractivity contribution in [1.29, 1.82) is 0 Å². The van der Waals surface area contributed by atoms with Crippen LogP contribution in [0.4, 0.5) is 11.4 Å². The van der Waals surface area contributed by atoms with Crippen LogP contribution in [0.25, 0.3) is 0 Å². The molecule has 0 saturated carbocycles. The first kappa shape index (κ1) is 15.2. The molecule has 0 unspecified atom stereocenters. The van der Waals surface area contributed by atoms with Gasteiger partial charge in [-0.1, -0.05) is 17.7 Å². The van der Waals surface area contributed by atoms with Crippen molar-refractivity contribution < 1.29 is 13.3 Å². The molecule has 1 aromatic carbocycles. The number of halogens is 1. The smallest absolute Gasteiger partial charge is 0.273 e. The fourth-order valence-corrected chi connectivity index (χ4v) is 3.18. The zero-order valence-electron chi connectivity index (χ0n) is 10.8. The van der Waals surface area contributed by atoms with Crippen molar-refractivity contribution in [2.24, 2.45) is 0 Å². The predicted molar refractivity (Wildman–Crippen MR) is 77.9 cm³/mol. The van der Waals surface area contributed by atoms with Crippen LogP contribution in [0, 0.1) is 17.0 Å². The van der Waals surface area contributed by atoms with Gasteiger partial charge in [0.2, 0.25) is 0 Å². The number of nitrogens with zero attached hydrogens (tertiary/aromatic N) is 2. The molecule has 1 heterocycles. The van der Waals surface area contributed by atoms with Gasteiger partial charge in [0.25, 0.3) is 15.7 Å². The van der Waals surface area contributed by atoms with Crippen LogP contribution in [-0.2, 0) is 10.0 Å². The second-order valence-corrected chi connectivity index (χ2v) is 6.18. The summed E-state index contributed by atoms with van der Waals surface area (Å²) >= 11 is 5.74. The van der Waals surface area contributed by atoms with E-state index in [1.165, 1.54) is 30.5 Å². The highest BCUT2D eigenvalue weighted by molar-refractivity contribution is 7.92. The van der Waals surface area contributed by atoms with E-state index in [9.17, 15) is 18.5 Å². The van der Waals surface area contributed by atoms with Crippen LogP contribution >= 0.6 is 11.6 Å². The molecule has 2 rings (SSSR count). The molecule has 7 nitrogen and oxygen atoms in total. The van der Waals surface area contributed by atoms with Gasteiger partial charge in [0.1, 0.15) is 15.7 Å². The number of aryl methyl sites for hydroxylation is 1. The summed E-state index contributed by atoms with van der Waals surface area (Å²) in [5, 5.41) is 10.8. The number of benzene rings is 1. The van der Waals surface area contributed by atoms with E-state index >= 15 is 0 Å². The third-order valence-electron chi connectivity index (χ3n) is 2.61. The number of pyridine rings is 1. The molecule has 0 bridgehead atoms. The van der Waals surface area contributed by atoms with Crippen molar-refractivity contribution in [3.63, 3.8) is 0 Å². The van der Waals surface area contributed by atoms with Crippen molar-refractivity contribution in [3.05, 3.63) is 57.4 Å². The van der Waals surface area contributed by atoms with Gasteiger partial charge in [0.05, 0.1) is 4.92 Å². The first-order valence-corrected chi connectivity index (χ1v) is 7.56. The molecule has 21 heavy (non-hydrogen) atoms. The Labute approximate surface area is 125 Å². The van der Waals surface area contributed by atoms with Crippen LogP contribution in [0.15, 0.2) is 41.4 Å². The molecule has 0 aliphatic carbocycles. The molecule has 0 amide bonds. The molecule has 0 fully saturated rings. The van der Waals surface area contributed by atoms with Gasteiger partial charge in [0.15, 0.2) is 0 Å². The van der Waals surface area contributed by atoms with Crippen molar-refractivity contribution in [3.8, 4) is 0 Å². The van der Waals surface area contributed by atoms with E-state index in [1.807, 2.05) is 0 Å². The number of anilines is 1. The van der Waals surface area contributed by atoms with Gasteiger partial charge in [-0.2, -0.15) is 0 Å². The summed E-state index contributed by atoms with van der Waals surface area (Å²) in [6.07, 6.45) is 1.34. The van der Waals surface area contributed by atoms with Crippen molar-refractivity contribution in [2.45, 2.75) is 11.8 Å². The van der Waals surface area contributed by atoms with Crippen LogP contribution in [0.2, 0.25) is 5.15 Å². The lowest BCUT2D eigenvalue weighted by molar-refractivity contribution is -0.383. The highest BCUT2D eigenvalue weighted by Gasteiger charge is 2.23. The molecule has 2 aromatic rings. The number of nitro benzene ring substituents is 1. The van der Waals surface area contributed by atoms with Crippen LogP contribution in [0.5, 0.6) is 0 Å². The van der Waals surface area contributed by atoms with E-state index < -0.39 is 14.9 Å². The summed E-state index contributed by atoms with van der Waals surface area (Å²) in [6, 6.07) is 6.84. The maximum atomic E-state index is 12.2. The summed E-state index contributed by atoms with van der Waals surface area (Å²) in [6.45, 7) is 1.67. The topological polar surface area (TPSA) is 102 Å². The predicted octanol–water partition coefficient (Wildman–Crippen LogP) is 2.75. The minimum absolute atomic E-state index is 0.134. The SMILES string of the molecule is Cc1ccc(NS(=O)(=O)c2cccnc2Cl)c([N+](=O)[O-])c1. The van der Waals surface area contributed by atoms with Crippen LogP contribution < -0.4 is 4.72 Å². The number of hydrogen-bond acceptors (Lipinski definition) is 5. The summed E-state index contributed by atoms with van der Waals surface area (Å²) < 4.78 is 26.6. The number of sulfonamides is 1. The van der Waals surface area contributed by atoms with Gasteiger partial charge in [0, 0.05) is 12.3 Å². The Balaban J connectivity index is 2.47. The summed E-state index contributed by atoms with van der Waals surface area (Å²) in [4.78, 5) is 13.8. The standard InChI is InChI=1S/C12H10ClN3O4S/c1-8-4-5-9(10(7-8)16(17)18)15-21(19,20)11-3-2-6-14-12(11)13/h2-7,15H,1H3. The third kappa shape index (κ3) is 3.29. The second kappa shape index (κ2) is 5.66. The Morgan fingerprint density at radius 1 is 1.33 bits per heavy atom. The summed E-state index contributed by atoms with van der Waals surface area (Å²) in [7, 11) is -4.06. The van der Waals surface area contributed by atoms with E-state index in [2.05, 4.69) is 9.71 Å². The lowest BCUT2D eigenvalue weighted by Crippen LogP contribution is -2.15. The Hall–Kier alpha value is -2.19. The summed E-state index contributed by atoms with van der Waals surface area (Å²) in [5.41, 5.74) is 0.174. The minimum Gasteiger partial charge on any atom is -0.273 e. The Kier molecular flexibility index (Phi) is 4.10. The number of nitro groups is 1. The quantitative estimate of drug-likeness (QED) is 0.528. The molecule has 0 atom stereocenters. The molecule has 1 aromatic heterocycles. The van der Waals surface area contributed by atoms with E-state index in [-0.39, 0.29) is 21.4 Å². The fourth-order valence-electron chi connectivity index (χ4n) is 1.65. The highest BCUT2D eigenvalue weighted by atomic mass is 35.5. The molecule has 0 radical (unpaired) electrons. The van der Waals surface area contributed by atoms with Gasteiger partial charge in [-0.3, -0.25) is 14.8 Å². The van der Waals surface area contributed by atoms with Crippen molar-refractivity contribution in [2.75, 3.05) is 4.72 Å². The number of rotatable bonds is 4. The lowest BCUT2D eigenvalue weighted by atomic mass is 10.2. The van der Waals surface area contributed by atoms with Crippen LogP contribution in [0.3, 0.4) is 0 Å².